The molecule has 1 fully saturated rings. The van der Waals surface area contributed by atoms with E-state index in [2.05, 4.69) is 28.0 Å². The van der Waals surface area contributed by atoms with Gasteiger partial charge in [0, 0.05) is 13.0 Å². The molecule has 0 aliphatic heterocycles. The molecule has 0 radical (unpaired) electrons. The fourth-order valence-electron chi connectivity index (χ4n) is 2.71. The van der Waals surface area contributed by atoms with Crippen molar-refractivity contribution in [2.75, 3.05) is 0 Å². The zero-order valence-corrected chi connectivity index (χ0v) is 12.0. The maximum Gasteiger partial charge on any atom is 0.185 e. The first-order chi connectivity index (χ1) is 8.13. The van der Waals surface area contributed by atoms with Crippen molar-refractivity contribution in [2.24, 2.45) is 18.9 Å². The molecule has 0 unspecified atom stereocenters. The van der Waals surface area contributed by atoms with Crippen LogP contribution in [0.15, 0.2) is 10.7 Å². The average Bonchev–Trinajstić information content (AvgIpc) is 2.68. The van der Waals surface area contributed by atoms with Crippen LogP contribution in [0.3, 0.4) is 0 Å². The lowest BCUT2D eigenvalue weighted by Crippen LogP contribution is -2.23. The van der Waals surface area contributed by atoms with Crippen molar-refractivity contribution in [2.45, 2.75) is 39.0 Å². The zero-order valence-electron chi connectivity index (χ0n) is 10.4. The van der Waals surface area contributed by atoms with Gasteiger partial charge < -0.3 is 0 Å². The van der Waals surface area contributed by atoms with E-state index in [1.54, 1.807) is 10.9 Å². The molecule has 0 aromatic carbocycles. The summed E-state index contributed by atoms with van der Waals surface area (Å²) < 4.78 is 2.50. The predicted octanol–water partition coefficient (Wildman–Crippen LogP) is 3.58. The van der Waals surface area contributed by atoms with Gasteiger partial charge in [-0.2, -0.15) is 5.10 Å². The van der Waals surface area contributed by atoms with Gasteiger partial charge in [0.25, 0.3) is 0 Å². The van der Waals surface area contributed by atoms with Crippen molar-refractivity contribution in [3.63, 3.8) is 0 Å². The molecular formula is C13H19BrN2O. The number of hydrogen-bond donors (Lipinski definition) is 0. The second-order valence-corrected chi connectivity index (χ2v) is 5.81. The lowest BCUT2D eigenvalue weighted by atomic mass is 9.78. The Balaban J connectivity index is 2.07. The molecule has 3 nitrogen and oxygen atoms in total. The molecule has 1 heterocycles. The second-order valence-electron chi connectivity index (χ2n) is 4.95. The minimum atomic E-state index is 0.199. The number of carbonyl (C=O) groups excluding carboxylic acids is 1. The molecule has 1 aromatic rings. The van der Waals surface area contributed by atoms with Crippen LogP contribution in [0.1, 0.15) is 49.5 Å². The molecule has 0 spiro atoms. The summed E-state index contributed by atoms with van der Waals surface area (Å²) in [7, 11) is 1.83. The van der Waals surface area contributed by atoms with Gasteiger partial charge in [0.1, 0.15) is 5.69 Å². The number of nitrogens with zero attached hydrogens (tertiary/aromatic N) is 2. The van der Waals surface area contributed by atoms with Gasteiger partial charge in [0.2, 0.25) is 0 Å². The lowest BCUT2D eigenvalue weighted by molar-refractivity contribution is 0.0860. The van der Waals surface area contributed by atoms with Crippen LogP contribution in [0.2, 0.25) is 0 Å². The number of Topliss-reactive ketones (excluding diaryl/α,β-unsaturated/α-hetero) is 1. The highest BCUT2D eigenvalue weighted by Gasteiger charge is 2.29. The van der Waals surface area contributed by atoms with Crippen molar-refractivity contribution in [1.82, 2.24) is 9.78 Å². The Hall–Kier alpha value is -0.640. The highest BCUT2D eigenvalue weighted by Crippen LogP contribution is 2.33. The smallest absolute Gasteiger partial charge is 0.185 e. The summed E-state index contributed by atoms with van der Waals surface area (Å²) in [6, 6.07) is 0. The first-order valence-corrected chi connectivity index (χ1v) is 7.14. The third-order valence-corrected chi connectivity index (χ3v) is 4.50. The van der Waals surface area contributed by atoms with E-state index >= 15 is 0 Å². The molecular weight excluding hydrogens is 280 g/mol. The van der Waals surface area contributed by atoms with E-state index in [-0.39, 0.29) is 11.7 Å². The SMILES string of the molecule is CCC1CCC(C(=O)c2c(Br)cnn2C)CC1. The molecule has 0 atom stereocenters. The topological polar surface area (TPSA) is 34.9 Å². The first-order valence-electron chi connectivity index (χ1n) is 6.35. The van der Waals surface area contributed by atoms with Crippen LogP contribution in [0, 0.1) is 11.8 Å². The number of aromatic nitrogens is 2. The minimum Gasteiger partial charge on any atom is -0.292 e. The summed E-state index contributed by atoms with van der Waals surface area (Å²) in [6.45, 7) is 2.24. The van der Waals surface area contributed by atoms with Gasteiger partial charge in [-0.15, -0.1) is 0 Å². The predicted molar refractivity (Wildman–Crippen MR) is 71.0 cm³/mol. The molecule has 4 heteroatoms. The molecule has 0 N–H and O–H groups in total. The molecule has 1 aliphatic carbocycles. The maximum atomic E-state index is 12.4. The molecule has 0 amide bonds. The van der Waals surface area contributed by atoms with Gasteiger partial charge in [0.15, 0.2) is 5.78 Å². The molecule has 2 rings (SSSR count). The number of rotatable bonds is 3. The first kappa shape index (κ1) is 12.8. The summed E-state index contributed by atoms with van der Waals surface area (Å²) in [5, 5.41) is 4.11. The Morgan fingerprint density at radius 3 is 2.59 bits per heavy atom. The number of halogens is 1. The van der Waals surface area contributed by atoms with E-state index in [9.17, 15) is 4.79 Å². The van der Waals surface area contributed by atoms with E-state index in [0.29, 0.717) is 0 Å². The zero-order chi connectivity index (χ0) is 12.4. The van der Waals surface area contributed by atoms with E-state index < -0.39 is 0 Å². The highest BCUT2D eigenvalue weighted by atomic mass is 79.9. The lowest BCUT2D eigenvalue weighted by Gasteiger charge is -2.26. The Labute approximate surface area is 111 Å². The second kappa shape index (κ2) is 5.34. The van der Waals surface area contributed by atoms with Crippen LogP contribution < -0.4 is 0 Å². The van der Waals surface area contributed by atoms with Gasteiger partial charge in [0.05, 0.1) is 10.7 Å². The van der Waals surface area contributed by atoms with Gasteiger partial charge >= 0.3 is 0 Å². The van der Waals surface area contributed by atoms with Gasteiger partial charge in [-0.1, -0.05) is 13.3 Å². The summed E-state index contributed by atoms with van der Waals surface area (Å²) in [4.78, 5) is 12.4. The van der Waals surface area contributed by atoms with Crippen molar-refractivity contribution >= 4 is 21.7 Å². The van der Waals surface area contributed by atoms with Crippen molar-refractivity contribution in [3.05, 3.63) is 16.4 Å². The molecule has 1 aliphatic rings. The van der Waals surface area contributed by atoms with Gasteiger partial charge in [-0.25, -0.2) is 0 Å². The van der Waals surface area contributed by atoms with Gasteiger partial charge in [-0.05, 0) is 47.5 Å². The third-order valence-electron chi connectivity index (χ3n) is 3.92. The molecule has 0 saturated heterocycles. The third kappa shape index (κ3) is 2.62. The Kier molecular flexibility index (Phi) is 4.02. The van der Waals surface area contributed by atoms with Crippen molar-refractivity contribution in [1.29, 1.82) is 0 Å². The number of hydrogen-bond acceptors (Lipinski definition) is 2. The van der Waals surface area contributed by atoms with Crippen LogP contribution in [-0.2, 0) is 7.05 Å². The summed E-state index contributed by atoms with van der Waals surface area (Å²) in [5.41, 5.74) is 0.727. The molecule has 94 valence electrons. The minimum absolute atomic E-state index is 0.199. The fraction of sp³-hybridized carbons (Fsp3) is 0.692. The van der Waals surface area contributed by atoms with Crippen LogP contribution >= 0.6 is 15.9 Å². The fourth-order valence-corrected chi connectivity index (χ4v) is 3.26. The van der Waals surface area contributed by atoms with Crippen LogP contribution in [0.4, 0.5) is 0 Å². The van der Waals surface area contributed by atoms with E-state index in [0.717, 1.165) is 28.9 Å². The van der Waals surface area contributed by atoms with E-state index in [1.165, 1.54) is 19.3 Å². The Morgan fingerprint density at radius 2 is 2.12 bits per heavy atom. The quantitative estimate of drug-likeness (QED) is 0.800. The highest BCUT2D eigenvalue weighted by molar-refractivity contribution is 9.10. The van der Waals surface area contributed by atoms with Crippen molar-refractivity contribution < 1.29 is 4.79 Å². The average molecular weight is 299 g/mol. The number of aryl methyl sites for hydroxylation is 1. The number of carbonyl (C=O) groups is 1. The Bertz CT molecular complexity index is 386. The standard InChI is InChI=1S/C13H19BrN2O/c1-3-9-4-6-10(7-5-9)13(17)12-11(14)8-15-16(12)2/h8-10H,3-7H2,1-2H3. The molecule has 0 bridgehead atoms. The summed E-state index contributed by atoms with van der Waals surface area (Å²) in [5.74, 6) is 1.28. The summed E-state index contributed by atoms with van der Waals surface area (Å²) in [6.07, 6.45) is 7.41. The van der Waals surface area contributed by atoms with E-state index in [1.807, 2.05) is 7.05 Å². The van der Waals surface area contributed by atoms with Crippen LogP contribution in [0.25, 0.3) is 0 Å². The largest absolute Gasteiger partial charge is 0.292 e. The Morgan fingerprint density at radius 1 is 1.47 bits per heavy atom. The maximum absolute atomic E-state index is 12.4. The monoisotopic (exact) mass is 298 g/mol. The number of ketones is 1. The van der Waals surface area contributed by atoms with Crippen molar-refractivity contribution in [3.8, 4) is 0 Å². The molecule has 1 saturated carbocycles. The summed E-state index contributed by atoms with van der Waals surface area (Å²) >= 11 is 3.41. The van der Waals surface area contributed by atoms with Gasteiger partial charge in [-0.3, -0.25) is 9.48 Å². The van der Waals surface area contributed by atoms with Crippen LogP contribution in [-0.4, -0.2) is 15.6 Å². The van der Waals surface area contributed by atoms with E-state index in [4.69, 9.17) is 0 Å². The molecule has 17 heavy (non-hydrogen) atoms. The molecule has 1 aromatic heterocycles. The van der Waals surface area contributed by atoms with Crippen LogP contribution in [0.5, 0.6) is 0 Å². The normalized spacial score (nSPS) is 24.9.